The molecular formula is C17H21BrN2O2. The number of amides is 2. The summed E-state index contributed by atoms with van der Waals surface area (Å²) >= 11 is 3.40. The van der Waals surface area contributed by atoms with Crippen LogP contribution in [-0.4, -0.2) is 17.9 Å². The average molecular weight is 365 g/mol. The number of hydrogen-bond donors (Lipinski definition) is 2. The summed E-state index contributed by atoms with van der Waals surface area (Å²) in [6.07, 6.45) is 5.46. The minimum atomic E-state index is 0.0176. The molecule has 0 unspecified atom stereocenters. The molecule has 2 aliphatic carbocycles. The van der Waals surface area contributed by atoms with E-state index in [-0.39, 0.29) is 23.7 Å². The summed E-state index contributed by atoms with van der Waals surface area (Å²) in [5.74, 6) is 0.368. The largest absolute Gasteiger partial charge is 0.353 e. The molecule has 118 valence electrons. The fraction of sp³-hybridized carbons (Fsp3) is 0.529. The second-order valence-corrected chi connectivity index (χ2v) is 7.25. The van der Waals surface area contributed by atoms with E-state index in [2.05, 4.69) is 26.6 Å². The van der Waals surface area contributed by atoms with E-state index in [1.807, 2.05) is 24.3 Å². The first-order valence-corrected chi connectivity index (χ1v) is 8.78. The Labute approximate surface area is 139 Å². The molecule has 2 saturated carbocycles. The molecule has 0 heterocycles. The highest BCUT2D eigenvalue weighted by atomic mass is 79.9. The predicted molar refractivity (Wildman–Crippen MR) is 89.4 cm³/mol. The van der Waals surface area contributed by atoms with Crippen molar-refractivity contribution in [2.75, 3.05) is 5.32 Å². The minimum Gasteiger partial charge on any atom is -0.353 e. The van der Waals surface area contributed by atoms with Crippen LogP contribution in [-0.2, 0) is 9.59 Å². The van der Waals surface area contributed by atoms with Crippen molar-refractivity contribution in [3.8, 4) is 0 Å². The van der Waals surface area contributed by atoms with E-state index in [0.29, 0.717) is 6.04 Å². The fourth-order valence-electron chi connectivity index (χ4n) is 2.98. The summed E-state index contributed by atoms with van der Waals surface area (Å²) in [6.45, 7) is 0. The molecule has 22 heavy (non-hydrogen) atoms. The maximum Gasteiger partial charge on any atom is 0.227 e. The third-order valence-electron chi connectivity index (χ3n) is 4.48. The van der Waals surface area contributed by atoms with Crippen LogP contribution in [0.25, 0.3) is 0 Å². The molecule has 4 nitrogen and oxygen atoms in total. The summed E-state index contributed by atoms with van der Waals surface area (Å²) in [7, 11) is 0. The van der Waals surface area contributed by atoms with Gasteiger partial charge in [0.25, 0.3) is 0 Å². The van der Waals surface area contributed by atoms with Crippen LogP contribution in [0.1, 0.15) is 38.5 Å². The zero-order chi connectivity index (χ0) is 15.5. The van der Waals surface area contributed by atoms with Gasteiger partial charge in [0.05, 0.1) is 0 Å². The van der Waals surface area contributed by atoms with Gasteiger partial charge in [-0.3, -0.25) is 9.59 Å². The number of rotatable bonds is 4. The van der Waals surface area contributed by atoms with Crippen LogP contribution >= 0.6 is 15.9 Å². The molecule has 5 heteroatoms. The molecule has 0 bridgehead atoms. The first-order valence-electron chi connectivity index (χ1n) is 7.98. The van der Waals surface area contributed by atoms with Gasteiger partial charge in [-0.15, -0.1) is 0 Å². The zero-order valence-corrected chi connectivity index (χ0v) is 14.1. The number of nitrogens with one attached hydrogen (secondary N) is 2. The van der Waals surface area contributed by atoms with Crippen LogP contribution in [0.5, 0.6) is 0 Å². The van der Waals surface area contributed by atoms with Crippen molar-refractivity contribution in [2.24, 2.45) is 11.8 Å². The zero-order valence-electron chi connectivity index (χ0n) is 12.5. The normalized spacial score (nSPS) is 24.6. The Morgan fingerprint density at radius 3 is 2.18 bits per heavy atom. The standard InChI is InChI=1S/C17H21BrN2O2/c18-13-2-1-3-15(10-13)20-17(22)12-6-4-11(5-7-12)16(21)19-14-8-9-14/h1-3,10-12,14H,4-9H2,(H,19,21)(H,20,22). The molecule has 0 spiro atoms. The molecule has 0 saturated heterocycles. The molecule has 2 amide bonds. The van der Waals surface area contributed by atoms with E-state index in [1.54, 1.807) is 0 Å². The molecular weight excluding hydrogens is 344 g/mol. The lowest BCUT2D eigenvalue weighted by Gasteiger charge is -2.27. The van der Waals surface area contributed by atoms with Crippen molar-refractivity contribution >= 4 is 33.4 Å². The fourth-order valence-corrected chi connectivity index (χ4v) is 3.37. The van der Waals surface area contributed by atoms with Crippen LogP contribution in [0.4, 0.5) is 5.69 Å². The number of carbonyl (C=O) groups is 2. The van der Waals surface area contributed by atoms with Crippen molar-refractivity contribution in [3.05, 3.63) is 28.7 Å². The molecule has 1 aromatic carbocycles. The van der Waals surface area contributed by atoms with Gasteiger partial charge in [-0.05, 0) is 56.7 Å². The van der Waals surface area contributed by atoms with E-state index in [1.165, 1.54) is 0 Å². The topological polar surface area (TPSA) is 58.2 Å². The minimum absolute atomic E-state index is 0.0176. The Bertz CT molecular complexity index is 564. The quantitative estimate of drug-likeness (QED) is 0.859. The summed E-state index contributed by atoms with van der Waals surface area (Å²) in [5, 5.41) is 6.04. The van der Waals surface area contributed by atoms with Gasteiger partial charge in [0, 0.05) is 28.0 Å². The van der Waals surface area contributed by atoms with E-state index in [4.69, 9.17) is 0 Å². The van der Waals surface area contributed by atoms with Gasteiger partial charge in [0.15, 0.2) is 0 Å². The smallest absolute Gasteiger partial charge is 0.227 e. The Morgan fingerprint density at radius 1 is 0.955 bits per heavy atom. The molecule has 2 fully saturated rings. The predicted octanol–water partition coefficient (Wildman–Crippen LogP) is 3.47. The lowest BCUT2D eigenvalue weighted by atomic mass is 9.81. The van der Waals surface area contributed by atoms with Crippen molar-refractivity contribution in [1.29, 1.82) is 0 Å². The summed E-state index contributed by atoms with van der Waals surface area (Å²) in [5.41, 5.74) is 0.813. The molecule has 2 N–H and O–H groups in total. The highest BCUT2D eigenvalue weighted by molar-refractivity contribution is 9.10. The average Bonchev–Trinajstić information content (AvgIpc) is 3.31. The summed E-state index contributed by atoms with van der Waals surface area (Å²) < 4.78 is 0.950. The third-order valence-corrected chi connectivity index (χ3v) is 4.98. The molecule has 0 aliphatic heterocycles. The summed E-state index contributed by atoms with van der Waals surface area (Å²) in [6, 6.07) is 8.03. The molecule has 0 aromatic heterocycles. The van der Waals surface area contributed by atoms with Gasteiger partial charge in [-0.2, -0.15) is 0 Å². The molecule has 0 atom stereocenters. The van der Waals surface area contributed by atoms with Crippen LogP contribution in [0, 0.1) is 11.8 Å². The molecule has 0 radical (unpaired) electrons. The maximum atomic E-state index is 12.3. The van der Waals surface area contributed by atoms with E-state index in [0.717, 1.165) is 48.7 Å². The van der Waals surface area contributed by atoms with E-state index < -0.39 is 0 Å². The monoisotopic (exact) mass is 364 g/mol. The van der Waals surface area contributed by atoms with Gasteiger partial charge in [-0.25, -0.2) is 0 Å². The Morgan fingerprint density at radius 2 is 1.59 bits per heavy atom. The Kier molecular flexibility index (Phi) is 4.81. The highest BCUT2D eigenvalue weighted by Crippen LogP contribution is 2.31. The SMILES string of the molecule is O=C(Nc1cccc(Br)c1)C1CCC(C(=O)NC2CC2)CC1. The van der Waals surface area contributed by atoms with Gasteiger partial charge in [-0.1, -0.05) is 22.0 Å². The number of halogens is 1. The van der Waals surface area contributed by atoms with Gasteiger partial charge in [0.2, 0.25) is 11.8 Å². The molecule has 1 aromatic rings. The second kappa shape index (κ2) is 6.82. The van der Waals surface area contributed by atoms with Crippen molar-refractivity contribution in [2.45, 2.75) is 44.6 Å². The Hall–Kier alpha value is -1.36. The van der Waals surface area contributed by atoms with Crippen molar-refractivity contribution in [3.63, 3.8) is 0 Å². The van der Waals surface area contributed by atoms with Crippen LogP contribution in [0.2, 0.25) is 0 Å². The lowest BCUT2D eigenvalue weighted by molar-refractivity contribution is -0.128. The highest BCUT2D eigenvalue weighted by Gasteiger charge is 2.32. The molecule has 3 rings (SSSR count). The first-order chi connectivity index (χ1) is 10.6. The van der Waals surface area contributed by atoms with Crippen LogP contribution < -0.4 is 10.6 Å². The Balaban J connectivity index is 1.48. The first kappa shape index (κ1) is 15.5. The third kappa shape index (κ3) is 4.09. The van der Waals surface area contributed by atoms with Gasteiger partial charge < -0.3 is 10.6 Å². The van der Waals surface area contributed by atoms with Crippen molar-refractivity contribution < 1.29 is 9.59 Å². The van der Waals surface area contributed by atoms with E-state index in [9.17, 15) is 9.59 Å². The second-order valence-electron chi connectivity index (χ2n) is 6.33. The lowest BCUT2D eigenvalue weighted by Crippen LogP contribution is -2.36. The summed E-state index contributed by atoms with van der Waals surface area (Å²) in [4.78, 5) is 24.4. The van der Waals surface area contributed by atoms with E-state index >= 15 is 0 Å². The van der Waals surface area contributed by atoms with Crippen LogP contribution in [0.15, 0.2) is 28.7 Å². The maximum absolute atomic E-state index is 12.3. The van der Waals surface area contributed by atoms with Crippen molar-refractivity contribution in [1.82, 2.24) is 5.32 Å². The number of hydrogen-bond acceptors (Lipinski definition) is 2. The number of benzene rings is 1. The number of carbonyl (C=O) groups excluding carboxylic acids is 2. The van der Waals surface area contributed by atoms with Gasteiger partial charge in [0.1, 0.15) is 0 Å². The molecule has 2 aliphatic rings. The van der Waals surface area contributed by atoms with Crippen LogP contribution in [0.3, 0.4) is 0 Å². The number of anilines is 1. The van der Waals surface area contributed by atoms with Gasteiger partial charge >= 0.3 is 0 Å².